The number of para-hydroxylation sites is 1. The van der Waals surface area contributed by atoms with Crippen molar-refractivity contribution in [1.82, 2.24) is 9.88 Å². The minimum atomic E-state index is -1.68. The predicted octanol–water partition coefficient (Wildman–Crippen LogP) is 5.09. The van der Waals surface area contributed by atoms with E-state index in [9.17, 15) is 22.8 Å². The Morgan fingerprint density at radius 2 is 1.81 bits per heavy atom. The number of nitrogens with one attached hydrogen (secondary N) is 1. The quantitative estimate of drug-likeness (QED) is 0.427. The molecule has 2 aromatic heterocycles. The zero-order chi connectivity index (χ0) is 22.8. The summed E-state index contributed by atoms with van der Waals surface area (Å²) in [6.45, 7) is -0.428. The van der Waals surface area contributed by atoms with Crippen molar-refractivity contribution in [3.05, 3.63) is 83.0 Å². The Morgan fingerprint density at radius 1 is 1.03 bits per heavy atom. The lowest BCUT2D eigenvalue weighted by atomic mass is 10.1. The number of halogens is 3. The third-order valence-corrected chi connectivity index (χ3v) is 5.65. The maximum absolute atomic E-state index is 13.8. The molecule has 5 nitrogen and oxygen atoms in total. The van der Waals surface area contributed by atoms with E-state index < -0.39 is 41.5 Å². The molecule has 0 aliphatic heterocycles. The predicted molar refractivity (Wildman–Crippen MR) is 117 cm³/mol. The van der Waals surface area contributed by atoms with Gasteiger partial charge in [0.1, 0.15) is 0 Å². The van der Waals surface area contributed by atoms with Crippen molar-refractivity contribution in [3.8, 4) is 10.6 Å². The molecule has 0 atom stereocenters. The molecule has 0 spiro atoms. The Hall–Kier alpha value is -3.72. The first-order valence-electron chi connectivity index (χ1n) is 9.47. The summed E-state index contributed by atoms with van der Waals surface area (Å²) in [5.41, 5.74) is 1.10. The van der Waals surface area contributed by atoms with Crippen molar-refractivity contribution in [2.75, 3.05) is 18.9 Å². The maximum Gasteiger partial charge on any atom is 0.254 e. The first kappa shape index (κ1) is 21.5. The minimum absolute atomic E-state index is 0.355. The van der Waals surface area contributed by atoms with Crippen LogP contribution in [0.3, 0.4) is 0 Å². The van der Waals surface area contributed by atoms with Crippen molar-refractivity contribution in [2.45, 2.75) is 0 Å². The molecule has 9 heteroatoms. The minimum Gasteiger partial charge on any atom is -0.332 e. The van der Waals surface area contributed by atoms with Crippen LogP contribution in [0.25, 0.3) is 21.5 Å². The van der Waals surface area contributed by atoms with Gasteiger partial charge in [0.25, 0.3) is 5.91 Å². The van der Waals surface area contributed by atoms with E-state index in [-0.39, 0.29) is 0 Å². The number of fused-ring (bicyclic) bond motifs is 1. The number of pyridine rings is 1. The molecule has 0 aliphatic carbocycles. The normalized spacial score (nSPS) is 10.9. The lowest BCUT2D eigenvalue weighted by Crippen LogP contribution is -2.35. The second-order valence-corrected chi connectivity index (χ2v) is 7.93. The number of nitrogens with zero attached hydrogens (tertiary/aromatic N) is 2. The van der Waals surface area contributed by atoms with Crippen molar-refractivity contribution in [3.63, 3.8) is 0 Å². The van der Waals surface area contributed by atoms with Gasteiger partial charge in [-0.3, -0.25) is 9.59 Å². The van der Waals surface area contributed by atoms with E-state index >= 15 is 0 Å². The second-order valence-electron chi connectivity index (χ2n) is 6.98. The molecule has 0 unspecified atom stereocenters. The van der Waals surface area contributed by atoms with Gasteiger partial charge in [0.2, 0.25) is 5.91 Å². The monoisotopic (exact) mass is 455 g/mol. The summed E-state index contributed by atoms with van der Waals surface area (Å²) >= 11 is 1.48. The molecule has 4 aromatic rings. The van der Waals surface area contributed by atoms with E-state index in [1.807, 2.05) is 23.6 Å². The Morgan fingerprint density at radius 3 is 2.56 bits per heavy atom. The largest absolute Gasteiger partial charge is 0.332 e. The Bertz CT molecular complexity index is 1330. The smallest absolute Gasteiger partial charge is 0.254 e. The molecular weight excluding hydrogens is 439 g/mol. The van der Waals surface area contributed by atoms with E-state index in [0.717, 1.165) is 15.8 Å². The number of amides is 2. The van der Waals surface area contributed by atoms with E-state index in [0.29, 0.717) is 28.2 Å². The zero-order valence-corrected chi connectivity index (χ0v) is 17.6. The average molecular weight is 455 g/mol. The first-order valence-corrected chi connectivity index (χ1v) is 10.4. The molecule has 32 heavy (non-hydrogen) atoms. The van der Waals surface area contributed by atoms with E-state index in [2.05, 4.69) is 10.3 Å². The van der Waals surface area contributed by atoms with Crippen LogP contribution in [0.4, 0.5) is 18.9 Å². The third-order valence-electron chi connectivity index (χ3n) is 4.76. The van der Waals surface area contributed by atoms with E-state index in [4.69, 9.17) is 0 Å². The van der Waals surface area contributed by atoms with Gasteiger partial charge in [-0.25, -0.2) is 18.2 Å². The van der Waals surface area contributed by atoms with E-state index in [1.54, 1.807) is 24.3 Å². The number of anilines is 1. The molecular formula is C23H16F3N3O2S. The number of aromatic nitrogens is 1. The standard InChI is InChI=1S/C23H16F3N3O2S/c1-29(12-20(30)28-17-9-8-15(24)21(25)22(17)26)23(31)14-11-18(19-7-4-10-32-19)27-16-6-3-2-5-13(14)16/h2-11H,12H2,1H3,(H,28,30). The molecule has 0 saturated heterocycles. The topological polar surface area (TPSA) is 62.3 Å². The van der Waals surface area contributed by atoms with Gasteiger partial charge in [0, 0.05) is 12.4 Å². The van der Waals surface area contributed by atoms with Crippen molar-refractivity contribution in [2.24, 2.45) is 0 Å². The molecule has 0 radical (unpaired) electrons. The maximum atomic E-state index is 13.8. The van der Waals surface area contributed by atoms with Crippen LogP contribution in [0.5, 0.6) is 0 Å². The van der Waals surface area contributed by atoms with Crippen molar-refractivity contribution < 1.29 is 22.8 Å². The molecule has 4 rings (SSSR count). The highest BCUT2D eigenvalue weighted by atomic mass is 32.1. The summed E-state index contributed by atoms with van der Waals surface area (Å²) < 4.78 is 40.3. The van der Waals surface area contributed by atoms with Crippen LogP contribution in [0.2, 0.25) is 0 Å². The molecule has 0 bridgehead atoms. The van der Waals surface area contributed by atoms with Crippen molar-refractivity contribution >= 4 is 39.7 Å². The van der Waals surface area contributed by atoms with Gasteiger partial charge in [-0.1, -0.05) is 24.3 Å². The number of likely N-dealkylation sites (N-methyl/N-ethyl adjacent to an activating group) is 1. The van der Waals surface area contributed by atoms with Gasteiger partial charge < -0.3 is 10.2 Å². The zero-order valence-electron chi connectivity index (χ0n) is 16.7. The summed E-state index contributed by atoms with van der Waals surface area (Å²) in [5.74, 6) is -5.76. The number of thiophene rings is 1. The molecule has 0 aliphatic rings. The van der Waals surface area contributed by atoms with Crippen LogP contribution in [0, 0.1) is 17.5 Å². The molecule has 2 heterocycles. The lowest BCUT2D eigenvalue weighted by Gasteiger charge is -2.18. The van der Waals surface area contributed by atoms with Gasteiger partial charge >= 0.3 is 0 Å². The number of hydrogen-bond acceptors (Lipinski definition) is 4. The molecule has 2 aromatic carbocycles. The molecule has 2 amide bonds. The van der Waals surface area contributed by atoms with Crippen molar-refractivity contribution in [1.29, 1.82) is 0 Å². The average Bonchev–Trinajstić information content (AvgIpc) is 3.33. The number of benzene rings is 2. The molecule has 1 N–H and O–H groups in total. The van der Waals surface area contributed by atoms with Crippen LogP contribution in [-0.2, 0) is 4.79 Å². The Balaban J connectivity index is 1.59. The lowest BCUT2D eigenvalue weighted by molar-refractivity contribution is -0.116. The Labute approximate surface area is 185 Å². The van der Waals surface area contributed by atoms with Gasteiger partial charge in [-0.2, -0.15) is 0 Å². The molecule has 0 fully saturated rings. The molecule has 0 saturated carbocycles. The first-order chi connectivity index (χ1) is 15.3. The van der Waals surface area contributed by atoms with Gasteiger partial charge in [-0.05, 0) is 35.7 Å². The number of rotatable bonds is 5. The van der Waals surface area contributed by atoms with E-state index in [1.165, 1.54) is 18.4 Å². The van der Waals surface area contributed by atoms with Crippen LogP contribution in [0.1, 0.15) is 10.4 Å². The third kappa shape index (κ3) is 4.19. The highest BCUT2D eigenvalue weighted by Gasteiger charge is 2.21. The highest BCUT2D eigenvalue weighted by Crippen LogP contribution is 2.28. The fraction of sp³-hybridized carbons (Fsp3) is 0.0870. The Kier molecular flexibility index (Phi) is 5.91. The molecule has 162 valence electrons. The highest BCUT2D eigenvalue weighted by molar-refractivity contribution is 7.13. The van der Waals surface area contributed by atoms with Gasteiger partial charge in [0.05, 0.1) is 33.9 Å². The van der Waals surface area contributed by atoms with Gasteiger partial charge in [-0.15, -0.1) is 11.3 Å². The summed E-state index contributed by atoms with van der Waals surface area (Å²) in [6.07, 6.45) is 0. The van der Waals surface area contributed by atoms with Crippen LogP contribution in [0.15, 0.2) is 60.0 Å². The fourth-order valence-electron chi connectivity index (χ4n) is 3.21. The summed E-state index contributed by atoms with van der Waals surface area (Å²) in [4.78, 5) is 32.2. The van der Waals surface area contributed by atoms with Crippen LogP contribution >= 0.6 is 11.3 Å². The summed E-state index contributed by atoms with van der Waals surface area (Å²) in [5, 5.41) is 4.69. The van der Waals surface area contributed by atoms with Crippen LogP contribution < -0.4 is 5.32 Å². The van der Waals surface area contributed by atoms with Crippen LogP contribution in [-0.4, -0.2) is 35.3 Å². The summed E-state index contributed by atoms with van der Waals surface area (Å²) in [7, 11) is 1.42. The number of hydrogen-bond donors (Lipinski definition) is 1. The SMILES string of the molecule is CN(CC(=O)Nc1ccc(F)c(F)c1F)C(=O)c1cc(-c2cccs2)nc2ccccc12. The van der Waals surface area contributed by atoms with Gasteiger partial charge in [0.15, 0.2) is 17.5 Å². The fourth-order valence-corrected chi connectivity index (χ4v) is 3.89. The summed E-state index contributed by atoms with van der Waals surface area (Å²) in [6, 6.07) is 14.2. The second kappa shape index (κ2) is 8.80. The number of carbonyl (C=O) groups excluding carboxylic acids is 2. The number of carbonyl (C=O) groups is 2.